The molecule has 14 heavy (non-hydrogen) atoms. The number of rotatable bonds is 3. The molecule has 2 rings (SSSR count). The fourth-order valence-electron chi connectivity index (χ4n) is 2.70. The molecule has 4 atom stereocenters. The fourth-order valence-corrected chi connectivity index (χ4v) is 2.98. The van der Waals surface area contributed by atoms with Crippen molar-refractivity contribution in [2.75, 3.05) is 0 Å². The van der Waals surface area contributed by atoms with Crippen LogP contribution in [0.2, 0.25) is 0 Å². The molecule has 0 radical (unpaired) electrons. The van der Waals surface area contributed by atoms with Crippen LogP contribution < -0.4 is 0 Å². The Morgan fingerprint density at radius 3 is 2.64 bits per heavy atom. The topological polar surface area (TPSA) is 17.1 Å². The minimum Gasteiger partial charge on any atom is -0.279 e. The van der Waals surface area contributed by atoms with E-state index in [2.05, 4.69) is 12.2 Å². The van der Waals surface area contributed by atoms with Crippen LogP contribution in [-0.4, -0.2) is 10.1 Å². The van der Waals surface area contributed by atoms with E-state index in [-0.39, 0.29) is 0 Å². The van der Waals surface area contributed by atoms with Crippen molar-refractivity contribution in [3.63, 3.8) is 0 Å². The first kappa shape index (κ1) is 10.5. The summed E-state index contributed by atoms with van der Waals surface area (Å²) in [6, 6.07) is 0. The Balaban J connectivity index is 1.99. The second-order valence-corrected chi connectivity index (χ2v) is 5.89. The van der Waals surface area contributed by atoms with Crippen molar-refractivity contribution in [1.29, 1.82) is 0 Å². The molecule has 4 unspecified atom stereocenters. The Labute approximate surface area is 94.5 Å². The van der Waals surface area contributed by atoms with Crippen LogP contribution in [0.4, 0.5) is 0 Å². The first-order valence-electron chi connectivity index (χ1n) is 5.06. The summed E-state index contributed by atoms with van der Waals surface area (Å²) in [5.74, 6) is 1.91. The number of hydrogen-bond donors (Lipinski definition) is 0. The average Bonchev–Trinajstić information content (AvgIpc) is 2.63. The molecular weight excluding hydrogens is 219 g/mol. The molecule has 0 aromatic rings. The van der Waals surface area contributed by atoms with Gasteiger partial charge in [0.15, 0.2) is 0 Å². The van der Waals surface area contributed by atoms with Crippen LogP contribution in [0.25, 0.3) is 0 Å². The predicted octanol–water partition coefficient (Wildman–Crippen LogP) is 3.35. The van der Waals surface area contributed by atoms with E-state index >= 15 is 0 Å². The highest BCUT2D eigenvalue weighted by Gasteiger charge is 2.41. The molecule has 1 fully saturated rings. The minimum absolute atomic E-state index is 0.425. The van der Waals surface area contributed by atoms with Gasteiger partial charge in [-0.15, -0.1) is 11.6 Å². The lowest BCUT2D eigenvalue weighted by Crippen LogP contribution is -2.29. The van der Waals surface area contributed by atoms with Crippen molar-refractivity contribution in [2.24, 2.45) is 17.8 Å². The second kappa shape index (κ2) is 3.53. The number of fused-ring (bicyclic) bond motifs is 2. The van der Waals surface area contributed by atoms with E-state index in [0.717, 1.165) is 5.92 Å². The van der Waals surface area contributed by atoms with Crippen LogP contribution >= 0.6 is 23.2 Å². The summed E-state index contributed by atoms with van der Waals surface area (Å²) in [6.07, 6.45) is 7.68. The van der Waals surface area contributed by atoms with Crippen molar-refractivity contribution < 1.29 is 4.79 Å². The highest BCUT2D eigenvalue weighted by Crippen LogP contribution is 2.47. The molecule has 0 spiro atoms. The summed E-state index contributed by atoms with van der Waals surface area (Å²) in [5.41, 5.74) is 0. The largest absolute Gasteiger partial charge is 0.279 e. The van der Waals surface area contributed by atoms with E-state index in [4.69, 9.17) is 23.2 Å². The number of alkyl halides is 1. The van der Waals surface area contributed by atoms with Gasteiger partial charge in [-0.3, -0.25) is 4.79 Å². The summed E-state index contributed by atoms with van der Waals surface area (Å²) < 4.78 is 0. The zero-order valence-corrected chi connectivity index (χ0v) is 9.68. The zero-order chi connectivity index (χ0) is 10.3. The first-order chi connectivity index (χ1) is 6.49. The Kier molecular flexibility index (Phi) is 2.65. The summed E-state index contributed by atoms with van der Waals surface area (Å²) in [6.45, 7) is 1.72. The summed E-state index contributed by atoms with van der Waals surface area (Å²) in [7, 11) is 0. The number of carbonyl (C=O) groups excluding carboxylic acids is 1. The SMILES string of the molecule is CC(Cl)(CC1CC2C=CC1C2)C(=O)Cl. The lowest BCUT2D eigenvalue weighted by Gasteiger charge is -2.25. The van der Waals surface area contributed by atoms with Crippen LogP contribution in [0.1, 0.15) is 26.2 Å². The molecule has 0 aliphatic heterocycles. The molecule has 2 bridgehead atoms. The Morgan fingerprint density at radius 2 is 2.21 bits per heavy atom. The molecule has 0 N–H and O–H groups in total. The Morgan fingerprint density at radius 1 is 1.50 bits per heavy atom. The highest BCUT2D eigenvalue weighted by molar-refractivity contribution is 6.70. The van der Waals surface area contributed by atoms with Crippen molar-refractivity contribution >= 4 is 28.4 Å². The summed E-state index contributed by atoms with van der Waals surface area (Å²) in [5, 5.41) is -0.425. The molecule has 2 aliphatic carbocycles. The molecule has 0 amide bonds. The zero-order valence-electron chi connectivity index (χ0n) is 8.17. The number of hydrogen-bond acceptors (Lipinski definition) is 1. The van der Waals surface area contributed by atoms with Crippen LogP contribution in [0.15, 0.2) is 12.2 Å². The lowest BCUT2D eigenvalue weighted by molar-refractivity contribution is -0.114. The van der Waals surface area contributed by atoms with Crippen LogP contribution in [0, 0.1) is 17.8 Å². The van der Waals surface area contributed by atoms with Crippen LogP contribution in [-0.2, 0) is 4.79 Å². The number of allylic oxidation sites excluding steroid dienone is 2. The van der Waals surface area contributed by atoms with Crippen molar-refractivity contribution in [3.05, 3.63) is 12.2 Å². The maximum Gasteiger partial charge on any atom is 0.242 e. The molecule has 78 valence electrons. The maximum atomic E-state index is 11.1. The van der Waals surface area contributed by atoms with E-state index in [9.17, 15) is 4.79 Å². The third-order valence-electron chi connectivity index (χ3n) is 3.47. The van der Waals surface area contributed by atoms with Crippen LogP contribution in [0.3, 0.4) is 0 Å². The molecule has 0 heterocycles. The van der Waals surface area contributed by atoms with Gasteiger partial charge in [-0.2, -0.15) is 0 Å². The van der Waals surface area contributed by atoms with Gasteiger partial charge in [-0.25, -0.2) is 0 Å². The molecule has 3 heteroatoms. The fraction of sp³-hybridized carbons (Fsp3) is 0.727. The standard InChI is InChI=1S/C11H14Cl2O/c1-11(13,10(12)14)6-9-5-7-2-3-8(9)4-7/h2-3,7-9H,4-6H2,1H3. The smallest absolute Gasteiger partial charge is 0.242 e. The van der Waals surface area contributed by atoms with E-state index in [1.54, 1.807) is 6.92 Å². The molecule has 0 aromatic carbocycles. The summed E-state index contributed by atoms with van der Waals surface area (Å²) in [4.78, 5) is 10.2. The molecule has 1 saturated carbocycles. The maximum absolute atomic E-state index is 11.1. The quantitative estimate of drug-likeness (QED) is 0.415. The van der Waals surface area contributed by atoms with Gasteiger partial charge in [0.1, 0.15) is 4.87 Å². The van der Waals surface area contributed by atoms with Gasteiger partial charge in [-0.05, 0) is 55.5 Å². The third-order valence-corrected chi connectivity index (χ3v) is 4.31. The van der Waals surface area contributed by atoms with Crippen molar-refractivity contribution in [3.8, 4) is 0 Å². The lowest BCUT2D eigenvalue weighted by atomic mass is 9.85. The number of halogens is 2. The van der Waals surface area contributed by atoms with E-state index in [1.165, 1.54) is 12.8 Å². The second-order valence-electron chi connectivity index (χ2n) is 4.72. The normalized spacial score (nSPS) is 38.6. The van der Waals surface area contributed by atoms with Gasteiger partial charge in [0.2, 0.25) is 5.24 Å². The molecule has 0 saturated heterocycles. The highest BCUT2D eigenvalue weighted by atomic mass is 35.5. The molecule has 2 aliphatic rings. The monoisotopic (exact) mass is 232 g/mol. The predicted molar refractivity (Wildman–Crippen MR) is 58.6 cm³/mol. The molecule has 1 nitrogen and oxygen atoms in total. The molecule has 0 aromatic heterocycles. The van der Waals surface area contributed by atoms with Crippen molar-refractivity contribution in [2.45, 2.75) is 31.1 Å². The Bertz CT molecular complexity index is 283. The van der Waals surface area contributed by atoms with Gasteiger partial charge in [0, 0.05) is 0 Å². The van der Waals surface area contributed by atoms with Gasteiger partial charge in [-0.1, -0.05) is 12.2 Å². The van der Waals surface area contributed by atoms with Crippen LogP contribution in [0.5, 0.6) is 0 Å². The van der Waals surface area contributed by atoms with Crippen molar-refractivity contribution in [1.82, 2.24) is 0 Å². The van der Waals surface area contributed by atoms with E-state index in [0.29, 0.717) is 18.3 Å². The minimum atomic E-state index is -0.870. The Hall–Kier alpha value is -0.0100. The summed E-state index contributed by atoms with van der Waals surface area (Å²) >= 11 is 11.5. The molecular formula is C11H14Cl2O. The third kappa shape index (κ3) is 1.85. The van der Waals surface area contributed by atoms with Gasteiger partial charge < -0.3 is 0 Å². The average molecular weight is 233 g/mol. The first-order valence-corrected chi connectivity index (χ1v) is 5.82. The van der Waals surface area contributed by atoms with Gasteiger partial charge in [0.05, 0.1) is 0 Å². The van der Waals surface area contributed by atoms with Gasteiger partial charge in [0.25, 0.3) is 0 Å². The van der Waals surface area contributed by atoms with E-state index in [1.807, 2.05) is 0 Å². The van der Waals surface area contributed by atoms with Gasteiger partial charge >= 0.3 is 0 Å². The van der Waals surface area contributed by atoms with E-state index < -0.39 is 10.1 Å². The number of carbonyl (C=O) groups is 1.